The molecule has 0 saturated carbocycles. The zero-order valence-electron chi connectivity index (χ0n) is 12.9. The predicted octanol–water partition coefficient (Wildman–Crippen LogP) is 4.12. The number of carbonyl (C=O) groups is 1. The largest absolute Gasteiger partial charge is 0.439 e. The van der Waals surface area contributed by atoms with Gasteiger partial charge in [-0.2, -0.15) is 0 Å². The van der Waals surface area contributed by atoms with E-state index in [-0.39, 0.29) is 11.7 Å². The predicted molar refractivity (Wildman–Crippen MR) is 101 cm³/mol. The second-order valence-corrected chi connectivity index (χ2v) is 7.69. The number of nitrogens with zero attached hydrogens (tertiary/aromatic N) is 2. The van der Waals surface area contributed by atoms with Crippen LogP contribution in [0.5, 0.6) is 0 Å². The summed E-state index contributed by atoms with van der Waals surface area (Å²) in [6.45, 7) is 0. The van der Waals surface area contributed by atoms with Gasteiger partial charge in [0.2, 0.25) is 0 Å². The van der Waals surface area contributed by atoms with Crippen molar-refractivity contribution in [1.82, 2.24) is 15.1 Å². The topological polar surface area (TPSA) is 101 Å². The number of aromatic amines is 1. The lowest BCUT2D eigenvalue weighted by molar-refractivity contribution is 0.102. The molecule has 26 heavy (non-hydrogen) atoms. The second-order valence-electron chi connectivity index (χ2n) is 5.12. The maximum Gasteiger partial charge on any atom is 0.439 e. The van der Waals surface area contributed by atoms with Crippen molar-refractivity contribution in [2.24, 2.45) is 0 Å². The Hall–Kier alpha value is -2.75. The minimum Gasteiger partial charge on any atom is -0.321 e. The van der Waals surface area contributed by atoms with Crippen LogP contribution in [0.1, 0.15) is 10.5 Å². The number of hydrogen-bond acceptors (Lipinski definition) is 7. The van der Waals surface area contributed by atoms with Crippen LogP contribution < -0.4 is 11.1 Å². The van der Waals surface area contributed by atoms with Gasteiger partial charge in [-0.3, -0.25) is 14.3 Å². The maximum atomic E-state index is 12.4. The van der Waals surface area contributed by atoms with E-state index in [9.17, 15) is 9.59 Å². The van der Waals surface area contributed by atoms with Crippen LogP contribution in [0.3, 0.4) is 0 Å². The summed E-state index contributed by atoms with van der Waals surface area (Å²) in [5.41, 5.74) is 1.47. The minimum absolute atomic E-state index is 0.289. The molecule has 1 amide bonds. The Morgan fingerprint density at radius 2 is 2.15 bits per heavy atom. The van der Waals surface area contributed by atoms with E-state index in [1.54, 1.807) is 35.7 Å². The molecule has 0 saturated heterocycles. The number of amides is 1. The van der Waals surface area contributed by atoms with Crippen molar-refractivity contribution in [3.63, 3.8) is 0 Å². The standard InChI is InChI=1S/C16H9ClN4O3S2/c17-12-5-4-11(26-12)15-19-10(7-25-15)14(22)18-9-3-1-2-8(6-9)13-20-16(23)24-21-13/h1-7H,(H,18,22)(H,20,21,23). The lowest BCUT2D eigenvalue weighted by atomic mass is 10.2. The molecule has 0 aliphatic heterocycles. The lowest BCUT2D eigenvalue weighted by Crippen LogP contribution is -2.12. The molecule has 0 fully saturated rings. The molecule has 10 heteroatoms. The summed E-state index contributed by atoms with van der Waals surface area (Å²) in [7, 11) is 0. The van der Waals surface area contributed by atoms with Gasteiger partial charge in [-0.05, 0) is 24.3 Å². The summed E-state index contributed by atoms with van der Waals surface area (Å²) >= 11 is 8.72. The molecule has 0 aliphatic rings. The van der Waals surface area contributed by atoms with Crippen molar-refractivity contribution in [3.8, 4) is 21.3 Å². The highest BCUT2D eigenvalue weighted by Crippen LogP contribution is 2.33. The molecule has 0 atom stereocenters. The minimum atomic E-state index is -0.641. The first-order chi connectivity index (χ1) is 12.6. The van der Waals surface area contributed by atoms with Crippen molar-refractivity contribution < 1.29 is 9.32 Å². The van der Waals surface area contributed by atoms with Crippen molar-refractivity contribution in [1.29, 1.82) is 0 Å². The fraction of sp³-hybridized carbons (Fsp3) is 0. The van der Waals surface area contributed by atoms with Gasteiger partial charge in [0.05, 0.1) is 9.21 Å². The highest BCUT2D eigenvalue weighted by molar-refractivity contribution is 7.23. The van der Waals surface area contributed by atoms with Crippen LogP contribution in [0.25, 0.3) is 21.3 Å². The van der Waals surface area contributed by atoms with Crippen molar-refractivity contribution in [3.05, 3.63) is 62.4 Å². The third kappa shape index (κ3) is 3.45. The quantitative estimate of drug-likeness (QED) is 0.532. The first-order valence-corrected chi connectivity index (χ1v) is 9.35. The van der Waals surface area contributed by atoms with Crippen LogP contribution in [-0.4, -0.2) is 21.0 Å². The van der Waals surface area contributed by atoms with Gasteiger partial charge in [0.1, 0.15) is 10.7 Å². The Morgan fingerprint density at radius 1 is 1.27 bits per heavy atom. The first kappa shape index (κ1) is 16.7. The van der Waals surface area contributed by atoms with Gasteiger partial charge in [-0.1, -0.05) is 28.9 Å². The fourth-order valence-electron chi connectivity index (χ4n) is 2.21. The average molecular weight is 405 g/mol. The number of thiazole rings is 1. The summed E-state index contributed by atoms with van der Waals surface area (Å²) in [4.78, 5) is 31.2. The summed E-state index contributed by atoms with van der Waals surface area (Å²) in [5.74, 6) is -0.685. The normalized spacial score (nSPS) is 10.8. The summed E-state index contributed by atoms with van der Waals surface area (Å²) < 4.78 is 5.16. The van der Waals surface area contributed by atoms with E-state index in [4.69, 9.17) is 11.6 Å². The molecular formula is C16H9ClN4O3S2. The van der Waals surface area contributed by atoms with Gasteiger partial charge in [-0.25, -0.2) is 9.78 Å². The number of anilines is 1. The van der Waals surface area contributed by atoms with Gasteiger partial charge in [0.25, 0.3) is 5.91 Å². The van der Waals surface area contributed by atoms with Crippen LogP contribution in [0.15, 0.2) is 51.1 Å². The number of H-pyrrole nitrogens is 1. The number of rotatable bonds is 4. The molecular weight excluding hydrogens is 396 g/mol. The van der Waals surface area contributed by atoms with Crippen LogP contribution in [0, 0.1) is 0 Å². The van der Waals surface area contributed by atoms with Gasteiger partial charge < -0.3 is 5.32 Å². The number of thiophene rings is 1. The number of benzene rings is 1. The van der Waals surface area contributed by atoms with E-state index in [0.29, 0.717) is 21.3 Å². The second kappa shape index (κ2) is 6.87. The van der Waals surface area contributed by atoms with Gasteiger partial charge >= 0.3 is 5.76 Å². The first-order valence-electron chi connectivity index (χ1n) is 7.27. The SMILES string of the molecule is O=C(Nc1cccc(-c2noc(=O)[nH]2)c1)c1csc(-c2ccc(Cl)s2)n1. The van der Waals surface area contributed by atoms with Crippen LogP contribution in [0.2, 0.25) is 4.34 Å². The number of halogens is 1. The summed E-state index contributed by atoms with van der Waals surface area (Å²) in [6.07, 6.45) is 0. The number of hydrogen-bond donors (Lipinski definition) is 2. The number of carbonyl (C=O) groups excluding carboxylic acids is 1. The zero-order chi connectivity index (χ0) is 18.1. The molecule has 4 rings (SSSR count). The Bertz CT molecular complexity index is 1140. The highest BCUT2D eigenvalue weighted by atomic mass is 35.5. The monoisotopic (exact) mass is 404 g/mol. The third-order valence-corrected chi connectivity index (χ3v) is 5.60. The summed E-state index contributed by atoms with van der Waals surface area (Å²) in [5, 5.41) is 8.83. The van der Waals surface area contributed by atoms with E-state index in [0.717, 1.165) is 9.88 Å². The highest BCUT2D eigenvalue weighted by Gasteiger charge is 2.14. The molecule has 3 heterocycles. The van der Waals surface area contributed by atoms with Crippen LogP contribution in [0.4, 0.5) is 5.69 Å². The number of aromatic nitrogens is 3. The van der Waals surface area contributed by atoms with Crippen molar-refractivity contribution >= 4 is 45.9 Å². The van der Waals surface area contributed by atoms with Crippen molar-refractivity contribution in [2.45, 2.75) is 0 Å². The molecule has 130 valence electrons. The zero-order valence-corrected chi connectivity index (χ0v) is 15.2. The van der Waals surface area contributed by atoms with Gasteiger partial charge in [-0.15, -0.1) is 22.7 Å². The molecule has 0 bridgehead atoms. The Labute approximate surface area is 159 Å². The Kier molecular flexibility index (Phi) is 4.41. The Balaban J connectivity index is 1.53. The maximum absolute atomic E-state index is 12.4. The van der Waals surface area contributed by atoms with E-state index in [2.05, 4.69) is 25.0 Å². The molecule has 1 aromatic carbocycles. The van der Waals surface area contributed by atoms with Crippen LogP contribution in [-0.2, 0) is 0 Å². The van der Waals surface area contributed by atoms with Gasteiger partial charge in [0, 0.05) is 16.6 Å². The van der Waals surface area contributed by atoms with E-state index < -0.39 is 5.76 Å². The molecule has 0 spiro atoms. The molecule has 0 radical (unpaired) electrons. The van der Waals surface area contributed by atoms with E-state index in [1.165, 1.54) is 22.7 Å². The van der Waals surface area contributed by atoms with Crippen molar-refractivity contribution in [2.75, 3.05) is 5.32 Å². The van der Waals surface area contributed by atoms with Crippen LogP contribution >= 0.6 is 34.3 Å². The summed E-state index contributed by atoms with van der Waals surface area (Å²) in [6, 6.07) is 10.5. The molecule has 3 aromatic heterocycles. The van der Waals surface area contributed by atoms with E-state index >= 15 is 0 Å². The Morgan fingerprint density at radius 3 is 2.88 bits per heavy atom. The third-order valence-electron chi connectivity index (χ3n) is 3.35. The van der Waals surface area contributed by atoms with Gasteiger partial charge in [0.15, 0.2) is 5.82 Å². The van der Waals surface area contributed by atoms with E-state index in [1.807, 2.05) is 6.07 Å². The smallest absolute Gasteiger partial charge is 0.321 e. The molecule has 7 nitrogen and oxygen atoms in total. The molecule has 4 aromatic rings. The molecule has 0 unspecified atom stereocenters. The average Bonchev–Trinajstić information content (AvgIpc) is 3.35. The fourth-order valence-corrected chi connectivity index (χ4v) is 4.13. The molecule has 2 N–H and O–H groups in total. The molecule has 0 aliphatic carbocycles. The number of nitrogens with one attached hydrogen (secondary N) is 2. The lowest BCUT2D eigenvalue weighted by Gasteiger charge is -2.04.